The summed E-state index contributed by atoms with van der Waals surface area (Å²) in [5, 5.41) is 0. The lowest BCUT2D eigenvalue weighted by molar-refractivity contribution is 0.0990. The largest absolute Gasteiger partial charge is 0.369 e. The van der Waals surface area contributed by atoms with Gasteiger partial charge in [-0.1, -0.05) is 30.3 Å². The molecule has 0 radical (unpaired) electrons. The molecule has 3 aromatic rings. The van der Waals surface area contributed by atoms with Gasteiger partial charge in [-0.2, -0.15) is 0 Å². The Balaban J connectivity index is 1.78. The Labute approximate surface area is 164 Å². The Morgan fingerprint density at radius 1 is 0.857 bits per heavy atom. The highest BCUT2D eigenvalue weighted by Crippen LogP contribution is 2.39. The van der Waals surface area contributed by atoms with Crippen LogP contribution >= 0.6 is 0 Å². The number of carbonyl (C=O) groups excluding carboxylic acids is 2. The molecule has 0 aliphatic carbocycles. The minimum atomic E-state index is 0.00112. The molecule has 4 heteroatoms. The van der Waals surface area contributed by atoms with Crippen LogP contribution in [0.2, 0.25) is 0 Å². The van der Waals surface area contributed by atoms with Gasteiger partial charge in [-0.25, -0.2) is 0 Å². The highest BCUT2D eigenvalue weighted by atomic mass is 16.1. The molecule has 3 aromatic carbocycles. The second-order valence-electron chi connectivity index (χ2n) is 7.56. The van der Waals surface area contributed by atoms with Crippen molar-refractivity contribution in [3.05, 3.63) is 88.5 Å². The summed E-state index contributed by atoms with van der Waals surface area (Å²) < 4.78 is 0. The molecular weight excluding hydrogens is 348 g/mol. The maximum Gasteiger partial charge on any atom is 0.195 e. The summed E-state index contributed by atoms with van der Waals surface area (Å²) in [6, 6.07) is 19.5. The number of Topliss-reactive ketones (excluding diaryl/α,β-unsaturated/α-hetero) is 1. The Kier molecular flexibility index (Phi) is 3.63. The van der Waals surface area contributed by atoms with Crippen LogP contribution in [0, 0.1) is 0 Å². The summed E-state index contributed by atoms with van der Waals surface area (Å²) in [6.07, 6.45) is 0.284. The molecule has 0 N–H and O–H groups in total. The van der Waals surface area contributed by atoms with Crippen LogP contribution in [0.25, 0.3) is 0 Å². The van der Waals surface area contributed by atoms with Crippen molar-refractivity contribution in [1.82, 2.24) is 0 Å². The number of ketones is 2. The summed E-state index contributed by atoms with van der Waals surface area (Å²) >= 11 is 0. The van der Waals surface area contributed by atoms with Gasteiger partial charge >= 0.3 is 0 Å². The fourth-order valence-corrected chi connectivity index (χ4v) is 4.36. The lowest BCUT2D eigenvalue weighted by Gasteiger charge is -2.31. The van der Waals surface area contributed by atoms with Crippen molar-refractivity contribution in [2.75, 3.05) is 23.9 Å². The predicted molar refractivity (Wildman–Crippen MR) is 111 cm³/mol. The first-order valence-electron chi connectivity index (χ1n) is 9.40. The summed E-state index contributed by atoms with van der Waals surface area (Å²) in [7, 11) is 3.93. The number of nitrogens with zero attached hydrogens (tertiary/aromatic N) is 2. The molecule has 5 rings (SSSR count). The van der Waals surface area contributed by atoms with E-state index in [4.69, 9.17) is 0 Å². The van der Waals surface area contributed by atoms with Gasteiger partial charge in [0.2, 0.25) is 0 Å². The van der Waals surface area contributed by atoms with Gasteiger partial charge in [0.25, 0.3) is 0 Å². The molecule has 2 aliphatic rings. The monoisotopic (exact) mass is 368 g/mol. The van der Waals surface area contributed by atoms with Gasteiger partial charge in [0.1, 0.15) is 0 Å². The van der Waals surface area contributed by atoms with Gasteiger partial charge in [-0.3, -0.25) is 9.59 Å². The van der Waals surface area contributed by atoms with Crippen molar-refractivity contribution in [3.8, 4) is 0 Å². The molecule has 2 heterocycles. The third-order valence-corrected chi connectivity index (χ3v) is 5.71. The summed E-state index contributed by atoms with van der Waals surface area (Å²) in [5.41, 5.74) is 6.72. The van der Waals surface area contributed by atoms with E-state index in [0.717, 1.165) is 33.8 Å². The molecule has 0 fully saturated rings. The number of rotatable bonds is 0. The zero-order valence-corrected chi connectivity index (χ0v) is 15.9. The zero-order valence-electron chi connectivity index (χ0n) is 15.9. The molecule has 0 unspecified atom stereocenters. The third-order valence-electron chi connectivity index (χ3n) is 5.71. The van der Waals surface area contributed by atoms with Crippen molar-refractivity contribution in [2.24, 2.45) is 0 Å². The third kappa shape index (κ3) is 2.45. The number of fused-ring (bicyclic) bond motifs is 7. The molecule has 0 aromatic heterocycles. The topological polar surface area (TPSA) is 40.6 Å². The number of anilines is 3. The average molecular weight is 368 g/mol. The number of carbonyl (C=O) groups is 2. The molecular formula is C24H20N2O2. The molecule has 0 atom stereocenters. The zero-order chi connectivity index (χ0) is 19.4. The molecule has 0 spiro atoms. The molecule has 0 saturated heterocycles. The van der Waals surface area contributed by atoms with Gasteiger partial charge in [-0.05, 0) is 41.5 Å². The van der Waals surface area contributed by atoms with Crippen molar-refractivity contribution in [3.63, 3.8) is 0 Å². The van der Waals surface area contributed by atoms with E-state index in [1.165, 1.54) is 0 Å². The van der Waals surface area contributed by atoms with Crippen molar-refractivity contribution in [1.29, 1.82) is 0 Å². The van der Waals surface area contributed by atoms with Crippen LogP contribution in [0.5, 0.6) is 0 Å². The fraction of sp³-hybridized carbons (Fsp3) is 0.167. The average Bonchev–Trinajstić information content (AvgIpc) is 2.71. The van der Waals surface area contributed by atoms with Crippen LogP contribution in [-0.2, 0) is 13.0 Å². The smallest absolute Gasteiger partial charge is 0.195 e. The predicted octanol–water partition coefficient (Wildman–Crippen LogP) is 4.37. The fourth-order valence-electron chi connectivity index (χ4n) is 4.36. The SMILES string of the molecule is CN1Cc2cccc(c2)C(=O)c2cc3cc(c21)CC(=O)c1ccccc1N3C. The Bertz CT molecular complexity index is 1150. The first-order chi connectivity index (χ1) is 13.5. The second-order valence-corrected chi connectivity index (χ2v) is 7.56. The summed E-state index contributed by atoms with van der Waals surface area (Å²) in [5.74, 6) is 0.0733. The Hall–Kier alpha value is -3.40. The molecule has 2 aliphatic heterocycles. The van der Waals surface area contributed by atoms with Gasteiger partial charge in [-0.15, -0.1) is 0 Å². The number of hydrogen-bond acceptors (Lipinski definition) is 4. The number of para-hydroxylation sites is 1. The van der Waals surface area contributed by atoms with E-state index in [0.29, 0.717) is 17.7 Å². The number of hydrogen-bond donors (Lipinski definition) is 0. The molecule has 138 valence electrons. The van der Waals surface area contributed by atoms with Gasteiger partial charge in [0.05, 0.1) is 11.4 Å². The molecule has 28 heavy (non-hydrogen) atoms. The maximum atomic E-state index is 13.3. The van der Waals surface area contributed by atoms with E-state index in [-0.39, 0.29) is 18.0 Å². The molecule has 4 bridgehead atoms. The first-order valence-corrected chi connectivity index (χ1v) is 9.40. The highest BCUT2D eigenvalue weighted by molar-refractivity contribution is 6.15. The van der Waals surface area contributed by atoms with Crippen LogP contribution in [0.4, 0.5) is 17.1 Å². The minimum absolute atomic E-state index is 0.00112. The maximum absolute atomic E-state index is 13.3. The van der Waals surface area contributed by atoms with Crippen LogP contribution in [0.3, 0.4) is 0 Å². The van der Waals surface area contributed by atoms with Gasteiger partial charge in [0.15, 0.2) is 11.6 Å². The second kappa shape index (κ2) is 6.06. The summed E-state index contributed by atoms with van der Waals surface area (Å²) in [4.78, 5) is 30.5. The van der Waals surface area contributed by atoms with Crippen molar-refractivity contribution in [2.45, 2.75) is 13.0 Å². The van der Waals surface area contributed by atoms with Crippen LogP contribution < -0.4 is 9.80 Å². The van der Waals surface area contributed by atoms with Gasteiger partial charge < -0.3 is 9.80 Å². The van der Waals surface area contributed by atoms with Crippen LogP contribution in [0.1, 0.15) is 37.4 Å². The van der Waals surface area contributed by atoms with E-state index in [9.17, 15) is 9.59 Å². The van der Waals surface area contributed by atoms with Crippen LogP contribution in [0.15, 0.2) is 60.7 Å². The van der Waals surface area contributed by atoms with Crippen LogP contribution in [-0.4, -0.2) is 25.7 Å². The van der Waals surface area contributed by atoms with Crippen molar-refractivity contribution >= 4 is 28.6 Å². The minimum Gasteiger partial charge on any atom is -0.369 e. The highest BCUT2D eigenvalue weighted by Gasteiger charge is 2.28. The Morgan fingerprint density at radius 3 is 2.54 bits per heavy atom. The van der Waals surface area contributed by atoms with E-state index < -0.39 is 0 Å². The van der Waals surface area contributed by atoms with Crippen molar-refractivity contribution < 1.29 is 9.59 Å². The molecule has 4 nitrogen and oxygen atoms in total. The first kappa shape index (κ1) is 16.8. The standard InChI is InChI=1S/C24H20N2O2/c1-25-14-15-6-5-7-16(10-15)24(28)20-13-18-11-17(23(20)25)12-22(27)19-8-3-4-9-21(19)26(18)2/h3-11,13H,12,14H2,1-2H3. The molecule has 0 saturated carbocycles. The van der Waals surface area contributed by atoms with E-state index in [1.54, 1.807) is 0 Å². The van der Waals surface area contributed by atoms with Gasteiger partial charge in [0, 0.05) is 49.4 Å². The lowest BCUT2D eigenvalue weighted by Crippen LogP contribution is -2.26. The van der Waals surface area contributed by atoms with E-state index in [2.05, 4.69) is 4.90 Å². The quantitative estimate of drug-likeness (QED) is 0.591. The lowest BCUT2D eigenvalue weighted by atomic mass is 9.89. The summed E-state index contributed by atoms with van der Waals surface area (Å²) in [6.45, 7) is 0.696. The number of benzene rings is 3. The van der Waals surface area contributed by atoms with E-state index in [1.807, 2.05) is 79.7 Å². The Morgan fingerprint density at radius 2 is 1.68 bits per heavy atom. The normalized spacial score (nSPS) is 15.2. The molecule has 0 amide bonds. The van der Waals surface area contributed by atoms with E-state index >= 15 is 0 Å².